The summed E-state index contributed by atoms with van der Waals surface area (Å²) in [6.45, 7) is 2.32. The predicted molar refractivity (Wildman–Crippen MR) is 82.3 cm³/mol. The SMILES string of the molecule is CC1(C(=O)O)CCN(C(=O)NCCOc2ccc(C(F)(F)F)cc2)C1. The van der Waals surface area contributed by atoms with Crippen LogP contribution in [0.3, 0.4) is 0 Å². The molecule has 25 heavy (non-hydrogen) atoms. The van der Waals surface area contributed by atoms with Gasteiger partial charge in [-0.15, -0.1) is 0 Å². The third-order valence-electron chi connectivity index (χ3n) is 4.11. The van der Waals surface area contributed by atoms with Crippen molar-refractivity contribution in [3.63, 3.8) is 0 Å². The molecule has 1 aliphatic heterocycles. The Morgan fingerprint density at radius 1 is 1.32 bits per heavy atom. The Balaban J connectivity index is 1.73. The lowest BCUT2D eigenvalue weighted by atomic mass is 9.90. The first-order chi connectivity index (χ1) is 11.6. The molecule has 0 aliphatic carbocycles. The van der Waals surface area contributed by atoms with E-state index < -0.39 is 23.1 Å². The van der Waals surface area contributed by atoms with Gasteiger partial charge in [0.15, 0.2) is 0 Å². The van der Waals surface area contributed by atoms with E-state index in [1.54, 1.807) is 6.92 Å². The number of nitrogens with one attached hydrogen (secondary N) is 1. The smallest absolute Gasteiger partial charge is 0.416 e. The van der Waals surface area contributed by atoms with E-state index in [1.165, 1.54) is 17.0 Å². The lowest BCUT2D eigenvalue weighted by molar-refractivity contribution is -0.147. The number of carbonyl (C=O) groups is 2. The number of hydrogen-bond donors (Lipinski definition) is 2. The number of aliphatic carboxylic acids is 1. The average Bonchev–Trinajstić information content (AvgIpc) is 2.95. The molecule has 1 aliphatic rings. The zero-order valence-electron chi connectivity index (χ0n) is 13.6. The first kappa shape index (κ1) is 18.9. The van der Waals surface area contributed by atoms with E-state index in [4.69, 9.17) is 9.84 Å². The van der Waals surface area contributed by atoms with Crippen LogP contribution in [0.25, 0.3) is 0 Å². The van der Waals surface area contributed by atoms with E-state index in [-0.39, 0.29) is 31.5 Å². The van der Waals surface area contributed by atoms with Crippen LogP contribution in [-0.2, 0) is 11.0 Å². The summed E-state index contributed by atoms with van der Waals surface area (Å²) in [5.41, 5.74) is -1.70. The molecule has 2 rings (SSSR count). The van der Waals surface area contributed by atoms with Gasteiger partial charge in [-0.1, -0.05) is 0 Å². The number of carboxylic acids is 1. The molecule has 0 bridgehead atoms. The highest BCUT2D eigenvalue weighted by Crippen LogP contribution is 2.31. The van der Waals surface area contributed by atoms with Gasteiger partial charge in [-0.25, -0.2) is 4.79 Å². The first-order valence-electron chi connectivity index (χ1n) is 7.68. The van der Waals surface area contributed by atoms with Crippen molar-refractivity contribution in [2.75, 3.05) is 26.2 Å². The molecule has 1 atom stereocenters. The number of carbonyl (C=O) groups excluding carboxylic acids is 1. The lowest BCUT2D eigenvalue weighted by Crippen LogP contribution is -2.42. The minimum Gasteiger partial charge on any atom is -0.492 e. The summed E-state index contributed by atoms with van der Waals surface area (Å²) in [6, 6.07) is 3.88. The van der Waals surface area contributed by atoms with Gasteiger partial charge in [0.2, 0.25) is 0 Å². The van der Waals surface area contributed by atoms with Crippen molar-refractivity contribution in [1.29, 1.82) is 0 Å². The Labute approximate surface area is 142 Å². The van der Waals surface area contributed by atoms with Gasteiger partial charge in [-0.3, -0.25) is 4.79 Å². The monoisotopic (exact) mass is 360 g/mol. The molecular weight excluding hydrogens is 341 g/mol. The molecule has 2 N–H and O–H groups in total. The molecule has 0 aromatic heterocycles. The topological polar surface area (TPSA) is 78.9 Å². The first-order valence-corrected chi connectivity index (χ1v) is 7.68. The standard InChI is InChI=1S/C16H19F3N2O4/c1-15(13(22)23)6-8-21(10-15)14(24)20-7-9-25-12-4-2-11(3-5-12)16(17,18)19/h2-5H,6-10H2,1H3,(H,20,24)(H,22,23). The highest BCUT2D eigenvalue weighted by molar-refractivity contribution is 5.79. The fraction of sp³-hybridized carbons (Fsp3) is 0.500. The van der Waals surface area contributed by atoms with E-state index in [2.05, 4.69) is 5.32 Å². The zero-order chi connectivity index (χ0) is 18.7. The van der Waals surface area contributed by atoms with Gasteiger partial charge in [0, 0.05) is 13.1 Å². The van der Waals surface area contributed by atoms with Crippen molar-refractivity contribution >= 4 is 12.0 Å². The quantitative estimate of drug-likeness (QED) is 0.791. The largest absolute Gasteiger partial charge is 0.492 e. The maximum atomic E-state index is 12.4. The Kier molecular flexibility index (Phi) is 5.44. The number of rotatable bonds is 5. The number of likely N-dealkylation sites (tertiary alicyclic amines) is 1. The van der Waals surface area contributed by atoms with E-state index in [9.17, 15) is 22.8 Å². The zero-order valence-corrected chi connectivity index (χ0v) is 13.6. The molecule has 0 radical (unpaired) electrons. The Morgan fingerprint density at radius 2 is 1.96 bits per heavy atom. The molecule has 1 unspecified atom stereocenters. The van der Waals surface area contributed by atoms with Gasteiger partial charge >= 0.3 is 18.2 Å². The van der Waals surface area contributed by atoms with Gasteiger partial charge < -0.3 is 20.1 Å². The normalized spacial score (nSPS) is 20.4. The van der Waals surface area contributed by atoms with Gasteiger partial charge in [0.25, 0.3) is 0 Å². The molecule has 1 saturated heterocycles. The number of ether oxygens (including phenoxy) is 1. The number of carboxylic acid groups (broad SMARTS) is 1. The van der Waals surface area contributed by atoms with E-state index in [0.717, 1.165) is 12.1 Å². The van der Waals surface area contributed by atoms with E-state index in [1.807, 2.05) is 0 Å². The number of amides is 2. The minimum absolute atomic E-state index is 0.0845. The summed E-state index contributed by atoms with van der Waals surface area (Å²) in [6.07, 6.45) is -4.01. The van der Waals surface area contributed by atoms with Crippen LogP contribution in [0.4, 0.5) is 18.0 Å². The fourth-order valence-corrected chi connectivity index (χ4v) is 2.49. The van der Waals surface area contributed by atoms with Crippen LogP contribution in [0.5, 0.6) is 5.75 Å². The van der Waals surface area contributed by atoms with Gasteiger partial charge in [0.1, 0.15) is 12.4 Å². The van der Waals surface area contributed by atoms with Crippen molar-refractivity contribution in [2.24, 2.45) is 5.41 Å². The summed E-state index contributed by atoms with van der Waals surface area (Å²) < 4.78 is 42.6. The molecule has 0 spiro atoms. The van der Waals surface area contributed by atoms with Crippen molar-refractivity contribution in [2.45, 2.75) is 19.5 Å². The molecule has 2 amide bonds. The summed E-state index contributed by atoms with van der Waals surface area (Å²) in [4.78, 5) is 24.5. The van der Waals surface area contributed by atoms with Crippen LogP contribution in [0, 0.1) is 5.41 Å². The Bertz CT molecular complexity index is 633. The highest BCUT2D eigenvalue weighted by Gasteiger charge is 2.42. The molecule has 1 aromatic rings. The van der Waals surface area contributed by atoms with Crippen LogP contribution in [0.15, 0.2) is 24.3 Å². The number of benzene rings is 1. The number of alkyl halides is 3. The van der Waals surface area contributed by atoms with Crippen LogP contribution in [0.1, 0.15) is 18.9 Å². The molecule has 138 valence electrons. The second-order valence-electron chi connectivity index (χ2n) is 6.14. The van der Waals surface area contributed by atoms with Crippen molar-refractivity contribution < 1.29 is 32.6 Å². The molecular formula is C16H19F3N2O4. The lowest BCUT2D eigenvalue weighted by Gasteiger charge is -2.20. The summed E-state index contributed by atoms with van der Waals surface area (Å²) in [5, 5.41) is 11.7. The Morgan fingerprint density at radius 3 is 2.48 bits per heavy atom. The van der Waals surface area contributed by atoms with Gasteiger partial charge in [-0.2, -0.15) is 13.2 Å². The molecule has 9 heteroatoms. The number of halogens is 3. The molecule has 1 aromatic carbocycles. The van der Waals surface area contributed by atoms with Crippen LogP contribution >= 0.6 is 0 Å². The molecule has 6 nitrogen and oxygen atoms in total. The van der Waals surface area contributed by atoms with E-state index in [0.29, 0.717) is 13.0 Å². The predicted octanol–water partition coefficient (Wildman–Crippen LogP) is 2.59. The van der Waals surface area contributed by atoms with Gasteiger partial charge in [0.05, 0.1) is 17.5 Å². The van der Waals surface area contributed by atoms with Crippen molar-refractivity contribution in [1.82, 2.24) is 10.2 Å². The van der Waals surface area contributed by atoms with Crippen LogP contribution < -0.4 is 10.1 Å². The maximum absolute atomic E-state index is 12.4. The highest BCUT2D eigenvalue weighted by atomic mass is 19.4. The summed E-state index contributed by atoms with van der Waals surface area (Å²) in [7, 11) is 0. The maximum Gasteiger partial charge on any atom is 0.416 e. The Hall–Kier alpha value is -2.45. The fourth-order valence-electron chi connectivity index (χ4n) is 2.49. The average molecular weight is 360 g/mol. The molecule has 1 heterocycles. The third kappa shape index (κ3) is 4.77. The number of nitrogens with zero attached hydrogens (tertiary/aromatic N) is 1. The second kappa shape index (κ2) is 7.20. The number of hydrogen-bond acceptors (Lipinski definition) is 3. The summed E-state index contributed by atoms with van der Waals surface area (Å²) in [5.74, 6) is -0.671. The molecule has 1 fully saturated rings. The van der Waals surface area contributed by atoms with Crippen LogP contribution in [-0.4, -0.2) is 48.2 Å². The van der Waals surface area contributed by atoms with Crippen LogP contribution in [0.2, 0.25) is 0 Å². The van der Waals surface area contributed by atoms with Gasteiger partial charge in [-0.05, 0) is 37.6 Å². The van der Waals surface area contributed by atoms with Crippen molar-refractivity contribution in [3.8, 4) is 5.75 Å². The van der Waals surface area contributed by atoms with E-state index >= 15 is 0 Å². The molecule has 0 saturated carbocycles. The van der Waals surface area contributed by atoms with Crippen molar-refractivity contribution in [3.05, 3.63) is 29.8 Å². The second-order valence-corrected chi connectivity index (χ2v) is 6.14. The number of urea groups is 1. The minimum atomic E-state index is -4.40. The third-order valence-corrected chi connectivity index (χ3v) is 4.11. The summed E-state index contributed by atoms with van der Waals surface area (Å²) >= 11 is 0.